The van der Waals surface area contributed by atoms with Crippen LogP contribution in [0.1, 0.15) is 25.0 Å². The van der Waals surface area contributed by atoms with Crippen LogP contribution in [-0.2, 0) is 5.41 Å². The maximum Gasteiger partial charge on any atom is 0.0619 e. The second-order valence-electron chi connectivity index (χ2n) is 18.1. The minimum absolute atomic E-state index is 0.0996. The molecule has 0 aliphatic heterocycles. The van der Waals surface area contributed by atoms with Gasteiger partial charge in [-0.1, -0.05) is 153 Å². The van der Waals surface area contributed by atoms with Gasteiger partial charge in [0.1, 0.15) is 0 Å². The third-order valence-electron chi connectivity index (χ3n) is 14.1. The standard InChI is InChI=1S/C63H45N3/c1-63(2)57-27-15-12-24-50(57)51-36-35-49(41-58(51)63)64(45-18-6-3-7-19-45)48-33-30-42(31-34-48)44-39-54(62-56(40-44)53-26-14-17-29-60(53)66(62)47-22-10-5-11-23-47)43-32-37-61-55(38-43)52-25-13-16-28-59(52)65(61)46-20-8-4-9-21-46/h3-41H,1-2H3. The molecule has 312 valence electrons. The Morgan fingerprint density at radius 1 is 0.318 bits per heavy atom. The summed E-state index contributed by atoms with van der Waals surface area (Å²) in [4.78, 5) is 2.40. The molecular weight excluding hydrogens is 799 g/mol. The molecule has 0 amide bonds. The van der Waals surface area contributed by atoms with Crippen molar-refractivity contribution in [2.24, 2.45) is 0 Å². The third kappa shape index (κ3) is 5.83. The molecule has 0 saturated heterocycles. The lowest BCUT2D eigenvalue weighted by Gasteiger charge is -2.28. The van der Waals surface area contributed by atoms with Crippen molar-refractivity contribution in [3.8, 4) is 44.8 Å². The van der Waals surface area contributed by atoms with Crippen LogP contribution < -0.4 is 4.90 Å². The van der Waals surface area contributed by atoms with Gasteiger partial charge in [-0.3, -0.25) is 0 Å². The van der Waals surface area contributed by atoms with E-state index in [1.165, 1.54) is 88.1 Å². The summed E-state index contributed by atoms with van der Waals surface area (Å²) in [6.07, 6.45) is 0. The van der Waals surface area contributed by atoms with Crippen LogP contribution in [0.5, 0.6) is 0 Å². The average molecular weight is 844 g/mol. The molecule has 10 aromatic carbocycles. The normalized spacial score (nSPS) is 12.8. The Hall–Kier alpha value is -8.40. The summed E-state index contributed by atoms with van der Waals surface area (Å²) in [5.74, 6) is 0. The fourth-order valence-corrected chi connectivity index (χ4v) is 11.0. The predicted octanol–water partition coefficient (Wildman–Crippen LogP) is 17.0. The van der Waals surface area contributed by atoms with Gasteiger partial charge < -0.3 is 14.0 Å². The number of nitrogens with zero attached hydrogens (tertiary/aromatic N) is 3. The zero-order chi connectivity index (χ0) is 43.9. The Morgan fingerprint density at radius 2 is 0.833 bits per heavy atom. The quantitative estimate of drug-likeness (QED) is 0.156. The van der Waals surface area contributed by atoms with E-state index < -0.39 is 0 Å². The Morgan fingerprint density at radius 3 is 1.56 bits per heavy atom. The maximum absolute atomic E-state index is 2.46. The molecule has 2 heterocycles. The summed E-state index contributed by atoms with van der Waals surface area (Å²) in [5.41, 5.74) is 20.5. The second-order valence-corrected chi connectivity index (χ2v) is 18.1. The van der Waals surface area contributed by atoms with Gasteiger partial charge in [-0.05, 0) is 136 Å². The summed E-state index contributed by atoms with van der Waals surface area (Å²) in [6.45, 7) is 4.71. The first-order valence-electron chi connectivity index (χ1n) is 22.9. The van der Waals surface area contributed by atoms with Gasteiger partial charge in [0, 0.05) is 61.0 Å². The highest BCUT2D eigenvalue weighted by Crippen LogP contribution is 2.51. The van der Waals surface area contributed by atoms with Crippen molar-refractivity contribution in [2.45, 2.75) is 19.3 Å². The van der Waals surface area contributed by atoms with E-state index in [0.717, 1.165) is 28.4 Å². The van der Waals surface area contributed by atoms with Crippen molar-refractivity contribution in [2.75, 3.05) is 4.90 Å². The largest absolute Gasteiger partial charge is 0.310 e. The van der Waals surface area contributed by atoms with E-state index in [-0.39, 0.29) is 5.41 Å². The summed E-state index contributed by atoms with van der Waals surface area (Å²) in [7, 11) is 0. The van der Waals surface area contributed by atoms with Gasteiger partial charge in [0.2, 0.25) is 0 Å². The fraction of sp³-hybridized carbons (Fsp3) is 0.0476. The van der Waals surface area contributed by atoms with Gasteiger partial charge >= 0.3 is 0 Å². The van der Waals surface area contributed by atoms with Gasteiger partial charge in [-0.2, -0.15) is 0 Å². The first-order valence-corrected chi connectivity index (χ1v) is 22.9. The lowest BCUT2D eigenvalue weighted by Crippen LogP contribution is -2.16. The van der Waals surface area contributed by atoms with Crippen LogP contribution >= 0.6 is 0 Å². The van der Waals surface area contributed by atoms with Crippen LogP contribution in [0, 0.1) is 0 Å². The Labute approximate surface area is 384 Å². The van der Waals surface area contributed by atoms with Crippen LogP contribution in [0.2, 0.25) is 0 Å². The second kappa shape index (κ2) is 14.8. The SMILES string of the molecule is CC1(C)c2ccccc2-c2ccc(N(c3ccccc3)c3ccc(-c4cc(-c5ccc6c(c5)c5ccccc5n6-c5ccccc5)c5c(c4)c4ccccc4n5-c4ccccc4)cc3)cc21. The van der Waals surface area contributed by atoms with E-state index in [4.69, 9.17) is 0 Å². The number of hydrogen-bond donors (Lipinski definition) is 0. The van der Waals surface area contributed by atoms with Crippen molar-refractivity contribution < 1.29 is 0 Å². The summed E-state index contributed by atoms with van der Waals surface area (Å²) < 4.78 is 4.85. The molecule has 1 aliphatic rings. The van der Waals surface area contributed by atoms with E-state index in [9.17, 15) is 0 Å². The lowest BCUT2D eigenvalue weighted by atomic mass is 9.82. The van der Waals surface area contributed by atoms with E-state index in [1.54, 1.807) is 0 Å². The molecule has 2 aromatic heterocycles. The van der Waals surface area contributed by atoms with Crippen molar-refractivity contribution >= 4 is 60.7 Å². The minimum Gasteiger partial charge on any atom is -0.310 e. The van der Waals surface area contributed by atoms with Crippen LogP contribution in [0.4, 0.5) is 17.1 Å². The van der Waals surface area contributed by atoms with E-state index in [1.807, 2.05) is 0 Å². The van der Waals surface area contributed by atoms with Crippen LogP contribution in [0.3, 0.4) is 0 Å². The van der Waals surface area contributed by atoms with Crippen molar-refractivity contribution in [3.05, 3.63) is 248 Å². The topological polar surface area (TPSA) is 13.1 Å². The molecule has 12 aromatic rings. The van der Waals surface area contributed by atoms with Crippen molar-refractivity contribution in [1.29, 1.82) is 0 Å². The molecule has 66 heavy (non-hydrogen) atoms. The summed E-state index contributed by atoms with van der Waals surface area (Å²) >= 11 is 0. The highest BCUT2D eigenvalue weighted by molar-refractivity contribution is 6.17. The molecule has 3 heteroatoms. The molecule has 0 fully saturated rings. The highest BCUT2D eigenvalue weighted by atomic mass is 15.1. The molecule has 3 nitrogen and oxygen atoms in total. The van der Waals surface area contributed by atoms with Crippen molar-refractivity contribution in [1.82, 2.24) is 9.13 Å². The smallest absolute Gasteiger partial charge is 0.0619 e. The monoisotopic (exact) mass is 843 g/mol. The summed E-state index contributed by atoms with van der Waals surface area (Å²) in [6, 6.07) is 86.9. The molecule has 0 saturated carbocycles. The first-order chi connectivity index (χ1) is 32.5. The van der Waals surface area contributed by atoms with E-state index in [0.29, 0.717) is 0 Å². The van der Waals surface area contributed by atoms with E-state index >= 15 is 0 Å². The minimum atomic E-state index is -0.0996. The molecule has 0 spiro atoms. The van der Waals surface area contributed by atoms with Crippen molar-refractivity contribution in [3.63, 3.8) is 0 Å². The molecule has 1 aliphatic carbocycles. The fourth-order valence-electron chi connectivity index (χ4n) is 11.0. The van der Waals surface area contributed by atoms with Gasteiger partial charge in [-0.25, -0.2) is 0 Å². The van der Waals surface area contributed by atoms with Gasteiger partial charge in [0.15, 0.2) is 0 Å². The Balaban J connectivity index is 0.999. The maximum atomic E-state index is 2.46. The van der Waals surface area contributed by atoms with Crippen LogP contribution in [0.25, 0.3) is 88.4 Å². The zero-order valence-corrected chi connectivity index (χ0v) is 36.9. The zero-order valence-electron chi connectivity index (χ0n) is 36.9. The molecule has 0 N–H and O–H groups in total. The third-order valence-corrected chi connectivity index (χ3v) is 14.1. The molecule has 0 radical (unpaired) electrons. The lowest BCUT2D eigenvalue weighted by molar-refractivity contribution is 0.660. The molecular formula is C63H45N3. The molecule has 0 unspecified atom stereocenters. The predicted molar refractivity (Wildman–Crippen MR) is 278 cm³/mol. The number of para-hydroxylation sites is 5. The first kappa shape index (κ1) is 38.1. The number of fused-ring (bicyclic) bond motifs is 9. The van der Waals surface area contributed by atoms with Gasteiger partial charge in [0.25, 0.3) is 0 Å². The van der Waals surface area contributed by atoms with E-state index in [2.05, 4.69) is 264 Å². The van der Waals surface area contributed by atoms with Gasteiger partial charge in [0.05, 0.1) is 22.1 Å². The van der Waals surface area contributed by atoms with Crippen LogP contribution in [0.15, 0.2) is 237 Å². The Kier molecular flexibility index (Phi) is 8.56. The molecule has 13 rings (SSSR count). The Bertz CT molecular complexity index is 3820. The molecule has 0 bridgehead atoms. The number of hydrogen-bond acceptors (Lipinski definition) is 1. The van der Waals surface area contributed by atoms with Gasteiger partial charge in [-0.15, -0.1) is 0 Å². The summed E-state index contributed by atoms with van der Waals surface area (Å²) in [5, 5.41) is 4.93. The number of anilines is 3. The highest BCUT2D eigenvalue weighted by Gasteiger charge is 2.35. The molecule has 0 atom stereocenters. The van der Waals surface area contributed by atoms with Crippen LogP contribution in [-0.4, -0.2) is 9.13 Å². The number of benzene rings is 10. The number of rotatable bonds is 7. The average Bonchev–Trinajstić information content (AvgIpc) is 3.97. The number of aromatic nitrogens is 2.